The smallest absolute Gasteiger partial charge is 0.181 e. The number of nitrogen functional groups attached to an aromatic ring is 1. The van der Waals surface area contributed by atoms with Gasteiger partial charge in [-0.3, -0.25) is 0 Å². The molecule has 1 aromatic rings. The van der Waals surface area contributed by atoms with E-state index in [2.05, 4.69) is 4.98 Å². The Balaban J connectivity index is 1.75. The van der Waals surface area contributed by atoms with E-state index in [9.17, 15) is 5.11 Å². The average molecular weight is 272 g/mol. The van der Waals surface area contributed by atoms with Gasteiger partial charge in [-0.1, -0.05) is 37.0 Å². The molecule has 3 N–H and O–H groups in total. The van der Waals surface area contributed by atoms with Gasteiger partial charge in [0.1, 0.15) is 0 Å². The highest BCUT2D eigenvalue weighted by atomic mass is 32.2. The van der Waals surface area contributed by atoms with Crippen LogP contribution in [0, 0.1) is 12.8 Å². The van der Waals surface area contributed by atoms with E-state index < -0.39 is 0 Å². The van der Waals surface area contributed by atoms with Crippen molar-refractivity contribution in [1.29, 1.82) is 0 Å². The van der Waals surface area contributed by atoms with Gasteiger partial charge >= 0.3 is 0 Å². The summed E-state index contributed by atoms with van der Waals surface area (Å²) in [4.78, 5) is 4.19. The van der Waals surface area contributed by atoms with E-state index in [-0.39, 0.29) is 6.10 Å². The third-order valence-electron chi connectivity index (χ3n) is 3.26. The molecule has 1 saturated carbocycles. The van der Waals surface area contributed by atoms with Crippen LogP contribution in [0.25, 0.3) is 0 Å². The van der Waals surface area contributed by atoms with Crippen LogP contribution in [0.1, 0.15) is 37.8 Å². The summed E-state index contributed by atoms with van der Waals surface area (Å²) >= 11 is 3.20. The van der Waals surface area contributed by atoms with Crippen LogP contribution in [0.5, 0.6) is 0 Å². The van der Waals surface area contributed by atoms with Gasteiger partial charge in [-0.15, -0.1) is 11.8 Å². The summed E-state index contributed by atoms with van der Waals surface area (Å²) in [7, 11) is 0. The van der Waals surface area contributed by atoms with Gasteiger partial charge in [-0.25, -0.2) is 4.98 Å². The summed E-state index contributed by atoms with van der Waals surface area (Å²) in [5.74, 6) is 1.51. The molecule has 1 heterocycles. The predicted molar refractivity (Wildman–Crippen MR) is 74.6 cm³/mol. The van der Waals surface area contributed by atoms with Crippen LogP contribution in [0.4, 0.5) is 5.13 Å². The first-order valence-electron chi connectivity index (χ1n) is 6.19. The maximum absolute atomic E-state index is 10.0. The molecule has 0 aromatic carbocycles. The number of aliphatic hydroxyl groups excluding tert-OH is 1. The number of hydrogen-bond donors (Lipinski definition) is 2. The van der Waals surface area contributed by atoms with E-state index in [0.717, 1.165) is 28.0 Å². The summed E-state index contributed by atoms with van der Waals surface area (Å²) < 4.78 is 1.15. The van der Waals surface area contributed by atoms with Crippen LogP contribution >= 0.6 is 23.1 Å². The first kappa shape index (κ1) is 13.2. The van der Waals surface area contributed by atoms with Crippen molar-refractivity contribution in [3.63, 3.8) is 0 Å². The summed E-state index contributed by atoms with van der Waals surface area (Å²) in [6.07, 6.45) is 6.05. The van der Waals surface area contributed by atoms with E-state index in [1.165, 1.54) is 37.0 Å². The molecular formula is C12H20N2OS2. The molecule has 1 fully saturated rings. The molecule has 96 valence electrons. The number of anilines is 1. The SMILES string of the molecule is Cc1nc(N)sc1SCC(O)CC1CCCC1. The minimum atomic E-state index is -0.189. The van der Waals surface area contributed by atoms with E-state index in [4.69, 9.17) is 5.73 Å². The minimum absolute atomic E-state index is 0.189. The molecule has 0 bridgehead atoms. The average Bonchev–Trinajstić information content (AvgIpc) is 2.86. The second kappa shape index (κ2) is 6.07. The van der Waals surface area contributed by atoms with Gasteiger partial charge in [0.15, 0.2) is 5.13 Å². The van der Waals surface area contributed by atoms with Crippen LogP contribution in [-0.4, -0.2) is 21.9 Å². The number of aryl methyl sites for hydroxylation is 1. The lowest BCUT2D eigenvalue weighted by molar-refractivity contribution is 0.166. The molecule has 0 aliphatic heterocycles. The molecule has 0 spiro atoms. The zero-order valence-corrected chi connectivity index (χ0v) is 11.8. The molecule has 1 unspecified atom stereocenters. The van der Waals surface area contributed by atoms with E-state index in [1.807, 2.05) is 6.92 Å². The van der Waals surface area contributed by atoms with E-state index in [0.29, 0.717) is 5.13 Å². The lowest BCUT2D eigenvalue weighted by Crippen LogP contribution is -2.14. The zero-order chi connectivity index (χ0) is 12.3. The Morgan fingerprint density at radius 3 is 2.82 bits per heavy atom. The van der Waals surface area contributed by atoms with Crippen LogP contribution in [-0.2, 0) is 0 Å². The summed E-state index contributed by atoms with van der Waals surface area (Å²) in [5, 5.41) is 10.6. The van der Waals surface area contributed by atoms with Crippen molar-refractivity contribution in [3.05, 3.63) is 5.69 Å². The van der Waals surface area contributed by atoms with E-state index in [1.54, 1.807) is 11.8 Å². The number of thioether (sulfide) groups is 1. The number of rotatable bonds is 5. The predicted octanol–water partition coefficient (Wildman–Crippen LogP) is 3.07. The Morgan fingerprint density at radius 1 is 1.53 bits per heavy atom. The topological polar surface area (TPSA) is 59.1 Å². The number of nitrogens with zero attached hydrogens (tertiary/aromatic N) is 1. The number of aromatic nitrogens is 1. The highest BCUT2D eigenvalue weighted by Crippen LogP contribution is 2.33. The lowest BCUT2D eigenvalue weighted by Gasteiger charge is -2.14. The second-order valence-electron chi connectivity index (χ2n) is 4.78. The van der Waals surface area contributed by atoms with Gasteiger partial charge in [0.2, 0.25) is 0 Å². The van der Waals surface area contributed by atoms with Gasteiger partial charge in [0, 0.05) is 5.75 Å². The maximum atomic E-state index is 10.0. The Bertz CT molecular complexity index is 361. The van der Waals surface area contributed by atoms with Crippen molar-refractivity contribution in [2.24, 2.45) is 5.92 Å². The van der Waals surface area contributed by atoms with Crippen molar-refractivity contribution >= 4 is 28.2 Å². The van der Waals surface area contributed by atoms with Crippen molar-refractivity contribution in [3.8, 4) is 0 Å². The number of aliphatic hydroxyl groups is 1. The van der Waals surface area contributed by atoms with Crippen molar-refractivity contribution < 1.29 is 5.11 Å². The fraction of sp³-hybridized carbons (Fsp3) is 0.750. The molecule has 17 heavy (non-hydrogen) atoms. The van der Waals surface area contributed by atoms with Gasteiger partial charge in [0.25, 0.3) is 0 Å². The molecule has 0 saturated heterocycles. The van der Waals surface area contributed by atoms with Crippen LogP contribution in [0.15, 0.2) is 4.21 Å². The molecule has 0 amide bonds. The molecule has 1 aliphatic rings. The third kappa shape index (κ3) is 3.86. The standard InChI is InChI=1S/C12H20N2OS2/c1-8-11(17-12(13)14-8)16-7-10(15)6-9-4-2-3-5-9/h9-10,15H,2-7H2,1H3,(H2,13,14). The Morgan fingerprint density at radius 2 is 2.24 bits per heavy atom. The van der Waals surface area contributed by atoms with Crippen molar-refractivity contribution in [2.45, 2.75) is 49.3 Å². The second-order valence-corrected chi connectivity index (χ2v) is 7.10. The highest BCUT2D eigenvalue weighted by Gasteiger charge is 2.19. The summed E-state index contributed by atoms with van der Waals surface area (Å²) in [6.45, 7) is 1.97. The fourth-order valence-electron chi connectivity index (χ4n) is 2.41. The first-order chi connectivity index (χ1) is 8.15. The van der Waals surface area contributed by atoms with E-state index >= 15 is 0 Å². The Hall–Kier alpha value is -0.260. The number of nitrogens with two attached hydrogens (primary N) is 1. The highest BCUT2D eigenvalue weighted by molar-refractivity contribution is 8.01. The fourth-order valence-corrected chi connectivity index (χ4v) is 4.40. The third-order valence-corrected chi connectivity index (χ3v) is 5.75. The van der Waals surface area contributed by atoms with Crippen LogP contribution in [0.2, 0.25) is 0 Å². The quantitative estimate of drug-likeness (QED) is 0.809. The monoisotopic (exact) mass is 272 g/mol. The van der Waals surface area contributed by atoms with Crippen molar-refractivity contribution in [1.82, 2.24) is 4.98 Å². The summed E-state index contributed by atoms with van der Waals surface area (Å²) in [6, 6.07) is 0. The van der Waals surface area contributed by atoms with Gasteiger partial charge < -0.3 is 10.8 Å². The Kier molecular flexibility index (Phi) is 4.70. The molecule has 5 heteroatoms. The summed E-state index contributed by atoms with van der Waals surface area (Å²) in [5.41, 5.74) is 6.64. The lowest BCUT2D eigenvalue weighted by atomic mass is 10.0. The molecular weight excluding hydrogens is 252 g/mol. The number of thiazole rings is 1. The number of hydrogen-bond acceptors (Lipinski definition) is 5. The Labute approximate surface area is 111 Å². The first-order valence-corrected chi connectivity index (χ1v) is 7.99. The maximum Gasteiger partial charge on any atom is 0.181 e. The zero-order valence-electron chi connectivity index (χ0n) is 10.2. The van der Waals surface area contributed by atoms with Crippen LogP contribution < -0.4 is 5.73 Å². The molecule has 0 radical (unpaired) electrons. The normalized spacial score (nSPS) is 18.7. The van der Waals surface area contributed by atoms with Gasteiger partial charge in [0.05, 0.1) is 16.0 Å². The van der Waals surface area contributed by atoms with Crippen molar-refractivity contribution in [2.75, 3.05) is 11.5 Å². The van der Waals surface area contributed by atoms with Crippen LogP contribution in [0.3, 0.4) is 0 Å². The largest absolute Gasteiger partial charge is 0.392 e. The molecule has 1 aliphatic carbocycles. The molecule has 1 atom stereocenters. The molecule has 2 rings (SSSR count). The van der Waals surface area contributed by atoms with Gasteiger partial charge in [-0.05, 0) is 19.3 Å². The minimum Gasteiger partial charge on any atom is -0.392 e. The van der Waals surface area contributed by atoms with Gasteiger partial charge in [-0.2, -0.15) is 0 Å². The molecule has 1 aromatic heterocycles. The molecule has 3 nitrogen and oxygen atoms in total.